The van der Waals surface area contributed by atoms with Gasteiger partial charge in [-0.2, -0.15) is 0 Å². The number of hydrogen-bond donors (Lipinski definition) is 3. The lowest BCUT2D eigenvalue weighted by Gasteiger charge is -2.21. The summed E-state index contributed by atoms with van der Waals surface area (Å²) in [6, 6.07) is 0. The standard InChI is InChI=1S/C73H142O17P2/c1-9-66(8)52-44-36-27-20-18-16-14-12-10-11-13-15-17-19-21-28-37-45-53-70(75)83-59-68(89-72(77)55-47-39-29-23-22-25-33-41-49-63(2)3)61-87-91(79,80)85-57-67(74)58-86-92(81,82)88-62-69(90-73(78)56-48-40-32-31-35-43-51-65(6)7)60-84-71(76)54-46-38-30-24-26-34-42-50-64(4)5/h63-69,74H,9-62H2,1-8H3,(H,79,80)(H,81,82)/t66?,67?,68-,69-/m1/s1. The average molecular weight is 1350 g/mol. The van der Waals surface area contributed by atoms with Crippen LogP contribution in [0, 0.1) is 23.7 Å². The molecule has 0 heterocycles. The lowest BCUT2D eigenvalue weighted by molar-refractivity contribution is -0.161. The summed E-state index contributed by atoms with van der Waals surface area (Å²) in [6.07, 6.45) is 46.3. The molecule has 0 aliphatic carbocycles. The molecule has 546 valence electrons. The third kappa shape index (κ3) is 65.4. The fourth-order valence-corrected chi connectivity index (χ4v) is 12.6. The molecule has 0 saturated carbocycles. The Labute approximate surface area is 562 Å². The van der Waals surface area contributed by atoms with Gasteiger partial charge in [-0.15, -0.1) is 0 Å². The third-order valence-corrected chi connectivity index (χ3v) is 19.1. The first kappa shape index (κ1) is 90.1. The summed E-state index contributed by atoms with van der Waals surface area (Å²) in [7, 11) is -9.90. The van der Waals surface area contributed by atoms with Gasteiger partial charge in [0, 0.05) is 25.7 Å². The number of aliphatic hydroxyl groups is 1. The van der Waals surface area contributed by atoms with Gasteiger partial charge in [0.05, 0.1) is 26.4 Å². The number of aliphatic hydroxyl groups excluding tert-OH is 1. The van der Waals surface area contributed by atoms with Crippen molar-refractivity contribution in [3.8, 4) is 0 Å². The van der Waals surface area contributed by atoms with E-state index in [2.05, 4.69) is 55.4 Å². The molecule has 0 aromatic rings. The van der Waals surface area contributed by atoms with E-state index in [1.165, 1.54) is 161 Å². The Morgan fingerprint density at radius 3 is 0.772 bits per heavy atom. The number of rotatable bonds is 70. The first-order valence-electron chi connectivity index (χ1n) is 37.7. The van der Waals surface area contributed by atoms with Crippen LogP contribution in [0.25, 0.3) is 0 Å². The van der Waals surface area contributed by atoms with Crippen molar-refractivity contribution in [2.45, 2.75) is 382 Å². The molecule has 0 rings (SSSR count). The highest BCUT2D eigenvalue weighted by Gasteiger charge is 2.30. The Kier molecular flexibility index (Phi) is 61.3. The number of ether oxygens (including phenoxy) is 4. The van der Waals surface area contributed by atoms with Crippen LogP contribution < -0.4 is 0 Å². The van der Waals surface area contributed by atoms with Gasteiger partial charge in [0.1, 0.15) is 19.3 Å². The number of carbonyl (C=O) groups excluding carboxylic acids is 4. The second-order valence-electron chi connectivity index (χ2n) is 28.0. The second kappa shape index (κ2) is 62.6. The van der Waals surface area contributed by atoms with Crippen LogP contribution in [0.15, 0.2) is 0 Å². The highest BCUT2D eigenvalue weighted by atomic mass is 31.2. The molecular formula is C73H142O17P2. The van der Waals surface area contributed by atoms with Crippen LogP contribution >= 0.6 is 15.6 Å². The van der Waals surface area contributed by atoms with Crippen molar-refractivity contribution >= 4 is 39.5 Å². The van der Waals surface area contributed by atoms with Crippen molar-refractivity contribution in [3.63, 3.8) is 0 Å². The molecule has 3 N–H and O–H groups in total. The molecule has 0 saturated heterocycles. The zero-order valence-electron chi connectivity index (χ0n) is 60.2. The summed E-state index contributed by atoms with van der Waals surface area (Å²) in [6.45, 7) is 14.0. The van der Waals surface area contributed by atoms with Gasteiger partial charge >= 0.3 is 39.5 Å². The summed E-state index contributed by atoms with van der Waals surface area (Å²) >= 11 is 0. The molecule has 0 aromatic carbocycles. The molecule has 0 spiro atoms. The largest absolute Gasteiger partial charge is 0.472 e. The Morgan fingerprint density at radius 2 is 0.522 bits per heavy atom. The van der Waals surface area contributed by atoms with E-state index < -0.39 is 97.5 Å². The fourth-order valence-electron chi connectivity index (χ4n) is 11.0. The highest BCUT2D eigenvalue weighted by molar-refractivity contribution is 7.47. The number of esters is 4. The number of unbranched alkanes of at least 4 members (excludes halogenated alkanes) is 35. The smallest absolute Gasteiger partial charge is 0.462 e. The van der Waals surface area contributed by atoms with Crippen LogP contribution in [0.4, 0.5) is 0 Å². The number of carbonyl (C=O) groups is 4. The fraction of sp³-hybridized carbons (Fsp3) is 0.945. The Bertz CT molecular complexity index is 1820. The van der Waals surface area contributed by atoms with Gasteiger partial charge < -0.3 is 33.8 Å². The molecule has 0 fully saturated rings. The molecule has 0 bridgehead atoms. The molecule has 0 amide bonds. The lowest BCUT2D eigenvalue weighted by Crippen LogP contribution is -2.30. The van der Waals surface area contributed by atoms with E-state index in [0.717, 1.165) is 108 Å². The normalized spacial score (nSPS) is 14.5. The summed E-state index contributed by atoms with van der Waals surface area (Å²) < 4.78 is 68.2. The molecular weight excluding hydrogens is 1210 g/mol. The maximum Gasteiger partial charge on any atom is 0.472 e. The van der Waals surface area contributed by atoms with Gasteiger partial charge in [-0.3, -0.25) is 37.3 Å². The topological polar surface area (TPSA) is 237 Å². The van der Waals surface area contributed by atoms with Crippen molar-refractivity contribution in [2.75, 3.05) is 39.6 Å². The van der Waals surface area contributed by atoms with Gasteiger partial charge in [-0.25, -0.2) is 9.13 Å². The second-order valence-corrected chi connectivity index (χ2v) is 30.9. The Hall–Kier alpha value is -1.94. The van der Waals surface area contributed by atoms with E-state index in [9.17, 15) is 43.2 Å². The zero-order chi connectivity index (χ0) is 68.2. The van der Waals surface area contributed by atoms with Gasteiger partial charge in [-0.05, 0) is 49.4 Å². The van der Waals surface area contributed by atoms with Crippen molar-refractivity contribution in [3.05, 3.63) is 0 Å². The summed E-state index contributed by atoms with van der Waals surface area (Å²) in [5.74, 6) is 0.833. The van der Waals surface area contributed by atoms with E-state index in [0.29, 0.717) is 37.5 Å². The quantitative estimate of drug-likeness (QED) is 0.0222. The number of phosphoric acid groups is 2. The summed E-state index contributed by atoms with van der Waals surface area (Å²) in [5, 5.41) is 10.6. The van der Waals surface area contributed by atoms with Crippen LogP contribution in [-0.2, 0) is 65.4 Å². The van der Waals surface area contributed by atoms with Crippen LogP contribution in [0.3, 0.4) is 0 Å². The SMILES string of the molecule is CCC(C)CCCCCCCCCCCCCCCCCCCCC(=O)OC[C@H](COP(=O)(O)OCC(O)COP(=O)(O)OC[C@@H](COC(=O)CCCCCCCCCC(C)C)OC(=O)CCCCCCCCC(C)C)OC(=O)CCCCCCCCCCC(C)C. The van der Waals surface area contributed by atoms with E-state index in [1.807, 2.05) is 0 Å². The van der Waals surface area contributed by atoms with E-state index >= 15 is 0 Å². The van der Waals surface area contributed by atoms with Crippen molar-refractivity contribution in [1.29, 1.82) is 0 Å². The average Bonchev–Trinajstić information content (AvgIpc) is 3.59. The molecule has 0 aromatic heterocycles. The van der Waals surface area contributed by atoms with E-state index in [4.69, 9.17) is 37.0 Å². The molecule has 6 atom stereocenters. The molecule has 4 unspecified atom stereocenters. The van der Waals surface area contributed by atoms with Crippen LogP contribution in [-0.4, -0.2) is 96.7 Å². The predicted molar refractivity (Wildman–Crippen MR) is 372 cm³/mol. The minimum atomic E-state index is -4.95. The first-order valence-corrected chi connectivity index (χ1v) is 40.7. The van der Waals surface area contributed by atoms with Crippen molar-refractivity contribution < 1.29 is 80.2 Å². The number of hydrogen-bond acceptors (Lipinski definition) is 15. The van der Waals surface area contributed by atoms with Gasteiger partial charge in [0.15, 0.2) is 12.2 Å². The van der Waals surface area contributed by atoms with Crippen molar-refractivity contribution in [1.82, 2.24) is 0 Å². The van der Waals surface area contributed by atoms with Crippen LogP contribution in [0.1, 0.15) is 364 Å². The van der Waals surface area contributed by atoms with Gasteiger partial charge in [0.2, 0.25) is 0 Å². The molecule has 17 nitrogen and oxygen atoms in total. The van der Waals surface area contributed by atoms with Crippen molar-refractivity contribution in [2.24, 2.45) is 23.7 Å². The maximum absolute atomic E-state index is 13.0. The number of phosphoric ester groups is 2. The lowest BCUT2D eigenvalue weighted by atomic mass is 9.99. The molecule has 19 heteroatoms. The molecule has 0 aliphatic heterocycles. The summed E-state index contributed by atoms with van der Waals surface area (Å²) in [5.41, 5.74) is 0. The zero-order valence-corrected chi connectivity index (χ0v) is 62.0. The highest BCUT2D eigenvalue weighted by Crippen LogP contribution is 2.45. The predicted octanol–water partition coefficient (Wildman–Crippen LogP) is 20.9. The van der Waals surface area contributed by atoms with Gasteiger partial charge in [-0.1, -0.05) is 312 Å². The Morgan fingerprint density at radius 1 is 0.304 bits per heavy atom. The Balaban J connectivity index is 5.11. The monoisotopic (exact) mass is 1350 g/mol. The molecule has 0 radical (unpaired) electrons. The molecule has 0 aliphatic rings. The summed E-state index contributed by atoms with van der Waals surface area (Å²) in [4.78, 5) is 72.5. The van der Waals surface area contributed by atoms with Crippen LogP contribution in [0.5, 0.6) is 0 Å². The maximum atomic E-state index is 13.0. The first-order chi connectivity index (χ1) is 44.1. The molecule has 92 heavy (non-hydrogen) atoms. The van der Waals surface area contributed by atoms with E-state index in [-0.39, 0.29) is 25.7 Å². The minimum Gasteiger partial charge on any atom is -0.462 e. The van der Waals surface area contributed by atoms with Crippen LogP contribution in [0.2, 0.25) is 0 Å². The van der Waals surface area contributed by atoms with E-state index in [1.54, 1.807) is 0 Å². The third-order valence-electron chi connectivity index (χ3n) is 17.2. The minimum absolute atomic E-state index is 0.101. The van der Waals surface area contributed by atoms with Gasteiger partial charge in [0.25, 0.3) is 0 Å².